The van der Waals surface area contributed by atoms with Gasteiger partial charge in [-0.05, 0) is 30.0 Å². The van der Waals surface area contributed by atoms with Crippen molar-refractivity contribution in [2.75, 3.05) is 4.90 Å². The van der Waals surface area contributed by atoms with Crippen LogP contribution in [0.5, 0.6) is 0 Å². The molecule has 0 spiro atoms. The highest BCUT2D eigenvalue weighted by molar-refractivity contribution is 6.10. The van der Waals surface area contributed by atoms with Gasteiger partial charge in [0.15, 0.2) is 0 Å². The molecule has 0 saturated heterocycles. The lowest BCUT2D eigenvalue weighted by atomic mass is 9.95. The standard InChI is InChI=1S/C21H21N3O/c1-14(2)13-17-18-19(23-22-17)21(25)24(16-11-7-4-8-12-16)20(18)15-9-5-3-6-10-15/h3-12,14,20H,13H2,1-2H3,(H,22,23). The summed E-state index contributed by atoms with van der Waals surface area (Å²) in [5.74, 6) is 0.460. The average Bonchev–Trinajstić information content (AvgIpc) is 3.15. The van der Waals surface area contributed by atoms with Gasteiger partial charge in [-0.1, -0.05) is 62.4 Å². The molecule has 1 aliphatic rings. The molecule has 1 N–H and O–H groups in total. The zero-order valence-electron chi connectivity index (χ0n) is 14.4. The summed E-state index contributed by atoms with van der Waals surface area (Å²) in [4.78, 5) is 15.0. The molecule has 4 nitrogen and oxygen atoms in total. The number of para-hydroxylation sites is 1. The summed E-state index contributed by atoms with van der Waals surface area (Å²) in [5.41, 5.74) is 4.64. The molecule has 25 heavy (non-hydrogen) atoms. The number of nitrogens with zero attached hydrogens (tertiary/aromatic N) is 2. The van der Waals surface area contributed by atoms with Crippen LogP contribution in [0, 0.1) is 5.92 Å². The van der Waals surface area contributed by atoms with Gasteiger partial charge in [-0.25, -0.2) is 0 Å². The van der Waals surface area contributed by atoms with Crippen LogP contribution in [0.1, 0.15) is 47.2 Å². The normalized spacial score (nSPS) is 16.5. The van der Waals surface area contributed by atoms with Crippen molar-refractivity contribution in [2.24, 2.45) is 5.92 Å². The van der Waals surface area contributed by atoms with E-state index in [1.165, 1.54) is 0 Å². The fourth-order valence-electron chi connectivity index (χ4n) is 3.56. The predicted octanol–water partition coefficient (Wildman–Crippen LogP) is 4.36. The van der Waals surface area contributed by atoms with Crippen LogP contribution >= 0.6 is 0 Å². The maximum atomic E-state index is 13.1. The molecule has 0 bridgehead atoms. The fourth-order valence-corrected chi connectivity index (χ4v) is 3.56. The maximum absolute atomic E-state index is 13.1. The molecule has 0 fully saturated rings. The van der Waals surface area contributed by atoms with Crippen molar-refractivity contribution in [2.45, 2.75) is 26.3 Å². The Morgan fingerprint density at radius 3 is 2.32 bits per heavy atom. The lowest BCUT2D eigenvalue weighted by Gasteiger charge is -2.26. The van der Waals surface area contributed by atoms with Crippen LogP contribution in [0.15, 0.2) is 60.7 Å². The third-order valence-electron chi connectivity index (χ3n) is 4.60. The molecular formula is C21H21N3O. The van der Waals surface area contributed by atoms with Gasteiger partial charge in [-0.3, -0.25) is 14.8 Å². The third kappa shape index (κ3) is 2.64. The van der Waals surface area contributed by atoms with Crippen molar-refractivity contribution in [3.63, 3.8) is 0 Å². The van der Waals surface area contributed by atoms with Gasteiger partial charge in [0, 0.05) is 11.3 Å². The van der Waals surface area contributed by atoms with Gasteiger partial charge in [-0.15, -0.1) is 0 Å². The molecule has 1 aromatic heterocycles. The number of carbonyl (C=O) groups excluding carboxylic acids is 1. The van der Waals surface area contributed by atoms with E-state index in [-0.39, 0.29) is 11.9 Å². The first-order valence-corrected chi connectivity index (χ1v) is 8.67. The van der Waals surface area contributed by atoms with Crippen LogP contribution in [0.2, 0.25) is 0 Å². The van der Waals surface area contributed by atoms with E-state index in [4.69, 9.17) is 0 Å². The van der Waals surface area contributed by atoms with Crippen molar-refractivity contribution >= 4 is 11.6 Å². The number of benzene rings is 2. The zero-order chi connectivity index (χ0) is 17.4. The van der Waals surface area contributed by atoms with Gasteiger partial charge in [0.1, 0.15) is 5.69 Å². The summed E-state index contributed by atoms with van der Waals surface area (Å²) in [6.07, 6.45) is 0.852. The van der Waals surface area contributed by atoms with Crippen LogP contribution < -0.4 is 4.90 Å². The predicted molar refractivity (Wildman–Crippen MR) is 98.7 cm³/mol. The number of carbonyl (C=O) groups is 1. The maximum Gasteiger partial charge on any atom is 0.277 e. The van der Waals surface area contributed by atoms with Crippen molar-refractivity contribution in [3.8, 4) is 0 Å². The molecule has 0 saturated carbocycles. The summed E-state index contributed by atoms with van der Waals surface area (Å²) in [5, 5.41) is 7.46. The topological polar surface area (TPSA) is 49.0 Å². The Labute approximate surface area is 147 Å². The minimum atomic E-state index is -0.140. The van der Waals surface area contributed by atoms with Crippen LogP contribution in [0.25, 0.3) is 0 Å². The number of fused-ring (bicyclic) bond motifs is 1. The molecule has 3 aromatic rings. The molecule has 0 aliphatic carbocycles. The number of rotatable bonds is 4. The van der Waals surface area contributed by atoms with Crippen LogP contribution in [-0.4, -0.2) is 16.1 Å². The first kappa shape index (κ1) is 15.6. The Morgan fingerprint density at radius 1 is 1.04 bits per heavy atom. The van der Waals surface area contributed by atoms with E-state index in [0.717, 1.165) is 28.9 Å². The number of amides is 1. The number of aromatic amines is 1. The Hall–Kier alpha value is -2.88. The van der Waals surface area contributed by atoms with Crippen molar-refractivity contribution in [1.82, 2.24) is 10.2 Å². The molecule has 4 heteroatoms. The second kappa shape index (κ2) is 6.20. The van der Waals surface area contributed by atoms with Crippen molar-refractivity contribution in [1.29, 1.82) is 0 Å². The van der Waals surface area contributed by atoms with Gasteiger partial charge in [-0.2, -0.15) is 5.10 Å². The first-order chi connectivity index (χ1) is 12.2. The molecule has 1 atom stereocenters. The molecule has 2 aromatic carbocycles. The van der Waals surface area contributed by atoms with Gasteiger partial charge >= 0.3 is 0 Å². The second-order valence-corrected chi connectivity index (χ2v) is 6.88. The molecular weight excluding hydrogens is 310 g/mol. The minimum absolute atomic E-state index is 0.0161. The van der Waals surface area contributed by atoms with E-state index in [1.54, 1.807) is 0 Å². The molecule has 1 unspecified atom stereocenters. The van der Waals surface area contributed by atoms with Crippen LogP contribution in [0.3, 0.4) is 0 Å². The molecule has 1 aliphatic heterocycles. The molecule has 4 rings (SSSR count). The van der Waals surface area contributed by atoms with Crippen molar-refractivity contribution < 1.29 is 4.79 Å². The van der Waals surface area contributed by atoms with E-state index in [0.29, 0.717) is 11.6 Å². The van der Waals surface area contributed by atoms with E-state index >= 15 is 0 Å². The number of H-pyrrole nitrogens is 1. The highest BCUT2D eigenvalue weighted by Crippen LogP contribution is 2.42. The molecule has 1 amide bonds. The smallest absolute Gasteiger partial charge is 0.277 e. The largest absolute Gasteiger partial charge is 0.295 e. The molecule has 0 radical (unpaired) electrons. The van der Waals surface area contributed by atoms with E-state index in [2.05, 4.69) is 36.2 Å². The molecule has 126 valence electrons. The Morgan fingerprint density at radius 2 is 1.68 bits per heavy atom. The first-order valence-electron chi connectivity index (χ1n) is 8.67. The van der Waals surface area contributed by atoms with Crippen LogP contribution in [0.4, 0.5) is 5.69 Å². The molecule has 2 heterocycles. The van der Waals surface area contributed by atoms with Crippen LogP contribution in [-0.2, 0) is 6.42 Å². The monoisotopic (exact) mass is 331 g/mol. The van der Waals surface area contributed by atoms with E-state index in [1.807, 2.05) is 53.4 Å². The summed E-state index contributed by atoms with van der Waals surface area (Å²) in [6.45, 7) is 4.34. The number of anilines is 1. The number of nitrogens with one attached hydrogen (secondary N) is 1. The van der Waals surface area contributed by atoms with Crippen molar-refractivity contribution in [3.05, 3.63) is 83.2 Å². The SMILES string of the molecule is CC(C)Cc1n[nH]c2c1C(c1ccccc1)N(c1ccccc1)C2=O. The third-order valence-corrected chi connectivity index (χ3v) is 4.60. The fraction of sp³-hybridized carbons (Fsp3) is 0.238. The highest BCUT2D eigenvalue weighted by Gasteiger charge is 2.42. The van der Waals surface area contributed by atoms with Gasteiger partial charge in [0.25, 0.3) is 5.91 Å². The van der Waals surface area contributed by atoms with Gasteiger partial charge in [0.05, 0.1) is 11.7 Å². The lowest BCUT2D eigenvalue weighted by molar-refractivity contribution is 0.0988. The number of aromatic nitrogens is 2. The van der Waals surface area contributed by atoms with Gasteiger partial charge < -0.3 is 0 Å². The average molecular weight is 331 g/mol. The lowest BCUT2D eigenvalue weighted by Crippen LogP contribution is -2.29. The summed E-state index contributed by atoms with van der Waals surface area (Å²) >= 11 is 0. The minimum Gasteiger partial charge on any atom is -0.295 e. The summed E-state index contributed by atoms with van der Waals surface area (Å²) in [7, 11) is 0. The Bertz CT molecular complexity index is 884. The Kier molecular flexibility index (Phi) is 3.88. The second-order valence-electron chi connectivity index (χ2n) is 6.88. The van der Waals surface area contributed by atoms with E-state index in [9.17, 15) is 4.79 Å². The van der Waals surface area contributed by atoms with E-state index < -0.39 is 0 Å². The summed E-state index contributed by atoms with van der Waals surface area (Å²) < 4.78 is 0. The quantitative estimate of drug-likeness (QED) is 0.772. The number of hydrogen-bond acceptors (Lipinski definition) is 2. The number of hydrogen-bond donors (Lipinski definition) is 1. The summed E-state index contributed by atoms with van der Waals surface area (Å²) in [6, 6.07) is 19.9. The zero-order valence-corrected chi connectivity index (χ0v) is 14.4. The highest BCUT2D eigenvalue weighted by atomic mass is 16.2. The Balaban J connectivity index is 1.89. The van der Waals surface area contributed by atoms with Gasteiger partial charge in [0.2, 0.25) is 0 Å².